The van der Waals surface area contributed by atoms with Crippen LogP contribution in [0, 0.1) is 0 Å². The number of amides is 1. The molecule has 2 aliphatic heterocycles. The number of carbonyl (C=O) groups excluding carboxylic acids is 1. The fraction of sp³-hybridized carbons (Fsp3) is 0.462. The lowest BCUT2D eigenvalue weighted by Gasteiger charge is -2.34. The van der Waals surface area contributed by atoms with E-state index in [-0.39, 0.29) is 5.91 Å². The monoisotopic (exact) mass is 232 g/mol. The number of para-hydroxylation sites is 1. The smallest absolute Gasteiger partial charge is 0.276 e. The minimum Gasteiger partial charge on any atom is -0.362 e. The highest BCUT2D eigenvalue weighted by atomic mass is 16.3. The lowest BCUT2D eigenvalue weighted by atomic mass is 9.78. The molecule has 2 heterocycles. The van der Waals surface area contributed by atoms with Gasteiger partial charge in [0.15, 0.2) is 0 Å². The van der Waals surface area contributed by atoms with Gasteiger partial charge in [-0.25, -0.2) is 0 Å². The molecule has 0 aliphatic carbocycles. The molecule has 1 fully saturated rings. The van der Waals surface area contributed by atoms with E-state index in [0.717, 1.165) is 11.3 Å². The fourth-order valence-corrected chi connectivity index (χ4v) is 3.35. The molecule has 17 heavy (non-hydrogen) atoms. The van der Waals surface area contributed by atoms with E-state index >= 15 is 0 Å². The lowest BCUT2D eigenvalue weighted by molar-refractivity contribution is -0.143. The summed E-state index contributed by atoms with van der Waals surface area (Å²) in [6, 6.07) is 7.82. The summed E-state index contributed by atoms with van der Waals surface area (Å²) in [5.41, 5.74) is -0.00282. The summed E-state index contributed by atoms with van der Waals surface area (Å²) >= 11 is 0. The molecule has 0 bridgehead atoms. The summed E-state index contributed by atoms with van der Waals surface area (Å²) in [7, 11) is 3.52. The molecule has 1 amide bonds. The van der Waals surface area contributed by atoms with Crippen molar-refractivity contribution in [1.29, 1.82) is 0 Å². The van der Waals surface area contributed by atoms with E-state index in [1.165, 1.54) is 0 Å². The second kappa shape index (κ2) is 2.82. The third kappa shape index (κ3) is 0.916. The Hall–Kier alpha value is -1.55. The number of carbonyl (C=O) groups is 1. The van der Waals surface area contributed by atoms with Crippen LogP contribution in [-0.4, -0.2) is 42.3 Å². The normalized spacial score (nSPS) is 35.2. The van der Waals surface area contributed by atoms with Crippen molar-refractivity contribution in [3.8, 4) is 0 Å². The van der Waals surface area contributed by atoms with Gasteiger partial charge in [0.2, 0.25) is 5.72 Å². The van der Waals surface area contributed by atoms with Crippen LogP contribution in [0.4, 0.5) is 5.69 Å². The highest BCUT2D eigenvalue weighted by Crippen LogP contribution is 2.53. The van der Waals surface area contributed by atoms with E-state index in [1.807, 2.05) is 31.2 Å². The molecule has 0 radical (unpaired) electrons. The summed E-state index contributed by atoms with van der Waals surface area (Å²) < 4.78 is 0. The van der Waals surface area contributed by atoms with Crippen LogP contribution >= 0.6 is 0 Å². The van der Waals surface area contributed by atoms with Crippen LogP contribution in [0.25, 0.3) is 0 Å². The number of hydrogen-bond donors (Lipinski definition) is 1. The first kappa shape index (κ1) is 10.6. The molecule has 1 aromatic rings. The fourth-order valence-electron chi connectivity index (χ4n) is 3.35. The van der Waals surface area contributed by atoms with Crippen molar-refractivity contribution in [2.45, 2.75) is 18.1 Å². The Morgan fingerprint density at radius 2 is 1.94 bits per heavy atom. The zero-order valence-corrected chi connectivity index (χ0v) is 10.3. The third-order valence-electron chi connectivity index (χ3n) is 4.31. The molecular formula is C13H16N2O2. The molecule has 90 valence electrons. The van der Waals surface area contributed by atoms with E-state index < -0.39 is 11.1 Å². The molecule has 1 N–H and O–H groups in total. The van der Waals surface area contributed by atoms with Crippen LogP contribution in [0.2, 0.25) is 0 Å². The zero-order chi connectivity index (χ0) is 12.4. The van der Waals surface area contributed by atoms with Gasteiger partial charge in [-0.3, -0.25) is 4.79 Å². The molecule has 0 aromatic heterocycles. The summed E-state index contributed by atoms with van der Waals surface area (Å²) in [4.78, 5) is 15.5. The number of hydrogen-bond acceptors (Lipinski definition) is 3. The summed E-state index contributed by atoms with van der Waals surface area (Å²) in [5, 5.41) is 10.9. The molecule has 2 aliphatic rings. The van der Waals surface area contributed by atoms with Gasteiger partial charge in [-0.15, -0.1) is 0 Å². The van der Waals surface area contributed by atoms with Crippen molar-refractivity contribution >= 4 is 11.6 Å². The number of rotatable bonds is 0. The molecule has 4 heteroatoms. The molecule has 0 saturated carbocycles. The SMILES string of the molecule is CN1C[C@]2(C)c3ccccc3N(C)[C@@]2(O)C1=O. The molecule has 2 atom stereocenters. The first-order valence-electron chi connectivity index (χ1n) is 5.74. The maximum absolute atomic E-state index is 12.2. The first-order valence-corrected chi connectivity index (χ1v) is 5.74. The van der Waals surface area contributed by atoms with Gasteiger partial charge in [-0.1, -0.05) is 18.2 Å². The Bertz CT molecular complexity index is 516. The van der Waals surface area contributed by atoms with Gasteiger partial charge in [0.25, 0.3) is 5.91 Å². The van der Waals surface area contributed by atoms with Gasteiger partial charge in [-0.2, -0.15) is 0 Å². The Labute approximate surface area is 100 Å². The van der Waals surface area contributed by atoms with Crippen molar-refractivity contribution in [3.63, 3.8) is 0 Å². The van der Waals surface area contributed by atoms with Crippen LogP contribution in [0.3, 0.4) is 0 Å². The highest BCUT2D eigenvalue weighted by Gasteiger charge is 2.67. The minimum atomic E-state index is -1.44. The molecule has 0 unspecified atom stereocenters. The molecule has 1 aromatic carbocycles. The average Bonchev–Trinajstić information content (AvgIpc) is 2.60. The molecule has 4 nitrogen and oxygen atoms in total. The Balaban J connectivity index is 2.30. The number of nitrogens with zero attached hydrogens (tertiary/aromatic N) is 2. The van der Waals surface area contributed by atoms with E-state index in [1.54, 1.807) is 23.9 Å². The lowest BCUT2D eigenvalue weighted by Crippen LogP contribution is -2.58. The van der Waals surface area contributed by atoms with Gasteiger partial charge < -0.3 is 14.9 Å². The van der Waals surface area contributed by atoms with Gasteiger partial charge >= 0.3 is 0 Å². The van der Waals surface area contributed by atoms with Crippen molar-refractivity contribution in [3.05, 3.63) is 29.8 Å². The number of likely N-dealkylation sites (N-methyl/N-ethyl adjacent to an activating group) is 2. The Morgan fingerprint density at radius 1 is 1.29 bits per heavy atom. The minimum absolute atomic E-state index is 0.223. The Morgan fingerprint density at radius 3 is 2.65 bits per heavy atom. The highest BCUT2D eigenvalue weighted by molar-refractivity contribution is 5.96. The second-order valence-corrected chi connectivity index (χ2v) is 5.24. The maximum Gasteiger partial charge on any atom is 0.276 e. The molecule has 0 spiro atoms. The average molecular weight is 232 g/mol. The quantitative estimate of drug-likeness (QED) is 0.710. The van der Waals surface area contributed by atoms with Crippen LogP contribution in [0.1, 0.15) is 12.5 Å². The number of likely N-dealkylation sites (tertiary alicyclic amines) is 1. The van der Waals surface area contributed by atoms with Crippen molar-refractivity contribution in [2.75, 3.05) is 25.5 Å². The molecule has 1 saturated heterocycles. The van der Waals surface area contributed by atoms with Crippen molar-refractivity contribution in [2.24, 2.45) is 0 Å². The van der Waals surface area contributed by atoms with Crippen molar-refractivity contribution in [1.82, 2.24) is 4.90 Å². The first-order chi connectivity index (χ1) is 7.93. The largest absolute Gasteiger partial charge is 0.362 e. The third-order valence-corrected chi connectivity index (χ3v) is 4.31. The predicted octanol–water partition coefficient (Wildman–Crippen LogP) is 0.555. The number of anilines is 1. The summed E-state index contributed by atoms with van der Waals surface area (Å²) in [6.45, 7) is 2.50. The van der Waals surface area contributed by atoms with Crippen LogP contribution < -0.4 is 4.90 Å². The number of benzene rings is 1. The van der Waals surface area contributed by atoms with E-state index in [0.29, 0.717) is 6.54 Å². The van der Waals surface area contributed by atoms with Crippen LogP contribution in [0.15, 0.2) is 24.3 Å². The standard InChI is InChI=1S/C13H16N2O2/c1-12-8-14(2)11(16)13(12,17)15(3)10-7-5-4-6-9(10)12/h4-7,17H,8H2,1-3H3/t12-,13-/m1/s1. The predicted molar refractivity (Wildman–Crippen MR) is 64.8 cm³/mol. The van der Waals surface area contributed by atoms with Crippen molar-refractivity contribution < 1.29 is 9.90 Å². The number of aliphatic hydroxyl groups is 1. The van der Waals surface area contributed by atoms with E-state index in [2.05, 4.69) is 0 Å². The zero-order valence-electron chi connectivity index (χ0n) is 10.3. The summed E-state index contributed by atoms with van der Waals surface area (Å²) in [5.74, 6) is -0.223. The molecular weight excluding hydrogens is 216 g/mol. The Kier molecular flexibility index (Phi) is 1.76. The topological polar surface area (TPSA) is 43.8 Å². The van der Waals surface area contributed by atoms with Gasteiger partial charge in [0, 0.05) is 26.3 Å². The van der Waals surface area contributed by atoms with Gasteiger partial charge in [0.05, 0.1) is 5.41 Å². The van der Waals surface area contributed by atoms with Crippen LogP contribution in [-0.2, 0) is 10.2 Å². The van der Waals surface area contributed by atoms with Gasteiger partial charge in [-0.05, 0) is 18.6 Å². The van der Waals surface area contributed by atoms with E-state index in [4.69, 9.17) is 0 Å². The second-order valence-electron chi connectivity index (χ2n) is 5.24. The van der Waals surface area contributed by atoms with Crippen LogP contribution in [0.5, 0.6) is 0 Å². The van der Waals surface area contributed by atoms with E-state index in [9.17, 15) is 9.90 Å². The maximum atomic E-state index is 12.2. The molecule has 3 rings (SSSR count). The number of fused-ring (bicyclic) bond motifs is 3. The van der Waals surface area contributed by atoms with Gasteiger partial charge in [0.1, 0.15) is 0 Å². The summed E-state index contributed by atoms with van der Waals surface area (Å²) in [6.07, 6.45) is 0.